The summed E-state index contributed by atoms with van der Waals surface area (Å²) in [5, 5.41) is 19.9. The van der Waals surface area contributed by atoms with Gasteiger partial charge in [0.1, 0.15) is 34.6 Å². The van der Waals surface area contributed by atoms with Crippen molar-refractivity contribution in [2.75, 3.05) is 11.1 Å². The molecule has 1 aliphatic rings. The molecule has 0 aliphatic carbocycles. The molecule has 0 radical (unpaired) electrons. The molecule has 0 fully saturated rings. The van der Waals surface area contributed by atoms with Gasteiger partial charge in [0.05, 0.1) is 17.5 Å². The predicted octanol–water partition coefficient (Wildman–Crippen LogP) is 3.83. The highest BCUT2D eigenvalue weighted by molar-refractivity contribution is 6.09. The number of nitrogens with two attached hydrogens (primary N) is 1. The number of hydrogen-bond acceptors (Lipinski definition) is 8. The topological polar surface area (TPSA) is 178 Å². The maximum atomic E-state index is 14.5. The SMILES string of the molecule is CC[C@@H](NC(=O)CCc1ccc([C@]2(C)C(=O)Nc3nc(-c4nn(Cc5ccccc5F)c5ncccc45)nc(N)c32)cc1)C(=O)O. The van der Waals surface area contributed by atoms with Crippen molar-refractivity contribution in [1.82, 2.24) is 30.0 Å². The number of benzene rings is 2. The maximum Gasteiger partial charge on any atom is 0.326 e. The van der Waals surface area contributed by atoms with E-state index in [1.807, 2.05) is 18.2 Å². The van der Waals surface area contributed by atoms with E-state index in [0.29, 0.717) is 46.3 Å². The number of pyridine rings is 1. The van der Waals surface area contributed by atoms with Crippen LogP contribution in [-0.2, 0) is 32.8 Å². The fraction of sp³-hybridized carbons (Fsp3) is 0.242. The Balaban J connectivity index is 1.28. The van der Waals surface area contributed by atoms with Crippen molar-refractivity contribution in [2.45, 2.75) is 51.1 Å². The van der Waals surface area contributed by atoms with Crippen molar-refractivity contribution in [3.05, 3.63) is 94.9 Å². The van der Waals surface area contributed by atoms with E-state index in [1.54, 1.807) is 61.1 Å². The van der Waals surface area contributed by atoms with Crippen LogP contribution in [0.15, 0.2) is 66.9 Å². The van der Waals surface area contributed by atoms with E-state index in [1.165, 1.54) is 6.07 Å². The van der Waals surface area contributed by atoms with Gasteiger partial charge in [-0.25, -0.2) is 28.8 Å². The molecule has 1 aliphatic heterocycles. The number of nitrogen functional groups attached to an aromatic ring is 1. The molecule has 2 atom stereocenters. The summed E-state index contributed by atoms with van der Waals surface area (Å²) in [5.74, 6) is -1.55. The number of carbonyl (C=O) groups is 3. The van der Waals surface area contributed by atoms with Crippen molar-refractivity contribution in [1.29, 1.82) is 0 Å². The molecule has 12 nitrogen and oxygen atoms in total. The van der Waals surface area contributed by atoms with Gasteiger partial charge in [0, 0.05) is 18.2 Å². The largest absolute Gasteiger partial charge is 0.480 e. The number of aliphatic carboxylic acids is 1. The van der Waals surface area contributed by atoms with Gasteiger partial charge in [-0.2, -0.15) is 5.10 Å². The van der Waals surface area contributed by atoms with Gasteiger partial charge in [0.2, 0.25) is 11.8 Å². The number of hydrogen-bond donors (Lipinski definition) is 4. The third-order valence-corrected chi connectivity index (χ3v) is 8.33. The Hall–Kier alpha value is -5.72. The molecule has 5 aromatic rings. The molecule has 4 heterocycles. The van der Waals surface area contributed by atoms with E-state index < -0.39 is 17.4 Å². The molecule has 13 heteroatoms. The summed E-state index contributed by atoms with van der Waals surface area (Å²) in [6, 6.07) is 16.3. The normalized spacial score (nSPS) is 16.2. The molecule has 0 bridgehead atoms. The van der Waals surface area contributed by atoms with Crippen LogP contribution in [0.2, 0.25) is 0 Å². The Morgan fingerprint density at radius 3 is 2.59 bits per heavy atom. The Kier molecular flexibility index (Phi) is 7.90. The molecule has 3 aromatic heterocycles. The Morgan fingerprint density at radius 2 is 1.87 bits per heavy atom. The second-order valence-corrected chi connectivity index (χ2v) is 11.3. The summed E-state index contributed by atoms with van der Waals surface area (Å²) in [5.41, 5.74) is 8.61. The number of carbonyl (C=O) groups excluding carboxylic acids is 2. The number of aryl methyl sites for hydroxylation is 1. The molecule has 234 valence electrons. The number of rotatable bonds is 10. The lowest BCUT2D eigenvalue weighted by atomic mass is 9.77. The predicted molar refractivity (Wildman–Crippen MR) is 168 cm³/mol. The van der Waals surface area contributed by atoms with Gasteiger partial charge in [0.15, 0.2) is 11.5 Å². The molecule has 2 amide bonds. The first-order chi connectivity index (χ1) is 22.1. The Morgan fingerprint density at radius 1 is 1.11 bits per heavy atom. The maximum absolute atomic E-state index is 14.5. The number of halogens is 1. The van der Waals surface area contributed by atoms with Gasteiger partial charge in [-0.3, -0.25) is 9.59 Å². The number of carboxylic acid groups (broad SMARTS) is 1. The van der Waals surface area contributed by atoms with Crippen LogP contribution in [0.25, 0.3) is 22.6 Å². The highest BCUT2D eigenvalue weighted by atomic mass is 19.1. The highest BCUT2D eigenvalue weighted by Crippen LogP contribution is 2.45. The van der Waals surface area contributed by atoms with Crippen LogP contribution >= 0.6 is 0 Å². The molecule has 0 unspecified atom stereocenters. The number of aromatic nitrogens is 5. The third-order valence-electron chi connectivity index (χ3n) is 8.33. The molecule has 6 rings (SSSR count). The van der Waals surface area contributed by atoms with Crippen LogP contribution in [0.4, 0.5) is 16.0 Å². The molecule has 0 saturated carbocycles. The molecule has 0 spiro atoms. The lowest BCUT2D eigenvalue weighted by molar-refractivity contribution is -0.141. The number of nitrogens with zero attached hydrogens (tertiary/aromatic N) is 5. The van der Waals surface area contributed by atoms with E-state index in [4.69, 9.17) is 10.8 Å². The molecular weight excluding hydrogens is 591 g/mol. The molecular formula is C33H31FN8O4. The van der Waals surface area contributed by atoms with Gasteiger partial charge in [-0.05, 0) is 49.1 Å². The van der Waals surface area contributed by atoms with Crippen molar-refractivity contribution in [3.63, 3.8) is 0 Å². The number of anilines is 2. The summed E-state index contributed by atoms with van der Waals surface area (Å²) >= 11 is 0. The minimum Gasteiger partial charge on any atom is -0.480 e. The second kappa shape index (κ2) is 12.0. The zero-order valence-corrected chi connectivity index (χ0v) is 25.1. The number of fused-ring (bicyclic) bond motifs is 2. The minimum absolute atomic E-state index is 0.103. The average Bonchev–Trinajstić information content (AvgIpc) is 3.54. The number of carboxylic acids is 1. The summed E-state index contributed by atoms with van der Waals surface area (Å²) in [6.07, 6.45) is 2.42. The second-order valence-electron chi connectivity index (χ2n) is 11.3. The van der Waals surface area contributed by atoms with Gasteiger partial charge in [-0.15, -0.1) is 0 Å². The van der Waals surface area contributed by atoms with Crippen LogP contribution in [0.1, 0.15) is 48.9 Å². The van der Waals surface area contributed by atoms with E-state index in [9.17, 15) is 18.8 Å². The van der Waals surface area contributed by atoms with Gasteiger partial charge in [-0.1, -0.05) is 49.4 Å². The monoisotopic (exact) mass is 622 g/mol. The standard InChI is InChI=1S/C33H31FN8O4/c1-3-23(31(44)45)37-24(43)15-12-18-10-13-20(14-11-18)33(2)25-27(35)38-29(39-28(25)40-32(33)46)26-21-8-6-16-36-30(21)42(41-26)17-19-7-4-5-9-22(19)34/h4-11,13-14,16,23H,3,12,15,17H2,1-2H3,(H,37,43)(H,44,45)(H3,35,38,39,40,46)/t23-,33+/m1/s1. The fourth-order valence-electron chi connectivity index (χ4n) is 5.73. The highest BCUT2D eigenvalue weighted by Gasteiger charge is 2.47. The molecule has 46 heavy (non-hydrogen) atoms. The molecule has 2 aromatic carbocycles. The van der Waals surface area contributed by atoms with Crippen LogP contribution < -0.4 is 16.4 Å². The molecule has 5 N–H and O–H groups in total. The first kappa shape index (κ1) is 30.3. The summed E-state index contributed by atoms with van der Waals surface area (Å²) in [7, 11) is 0. The number of amides is 2. The lowest BCUT2D eigenvalue weighted by Crippen LogP contribution is -2.40. The van der Waals surface area contributed by atoms with Gasteiger partial charge < -0.3 is 21.5 Å². The zero-order valence-electron chi connectivity index (χ0n) is 25.1. The minimum atomic E-state index is -1.20. The first-order valence-electron chi connectivity index (χ1n) is 14.8. The third kappa shape index (κ3) is 5.40. The van der Waals surface area contributed by atoms with Crippen molar-refractivity contribution >= 4 is 40.5 Å². The Labute approximate surface area is 262 Å². The first-order valence-corrected chi connectivity index (χ1v) is 14.8. The summed E-state index contributed by atoms with van der Waals surface area (Å²) < 4.78 is 16.0. The average molecular weight is 623 g/mol. The lowest BCUT2D eigenvalue weighted by Gasteiger charge is -2.23. The van der Waals surface area contributed by atoms with E-state index in [-0.39, 0.29) is 48.1 Å². The summed E-state index contributed by atoms with van der Waals surface area (Å²) in [6.45, 7) is 3.57. The van der Waals surface area contributed by atoms with Crippen molar-refractivity contribution in [2.24, 2.45) is 0 Å². The van der Waals surface area contributed by atoms with Gasteiger partial charge in [0.25, 0.3) is 0 Å². The number of nitrogens with one attached hydrogen (secondary N) is 2. The van der Waals surface area contributed by atoms with Crippen LogP contribution in [0, 0.1) is 5.82 Å². The van der Waals surface area contributed by atoms with Gasteiger partial charge >= 0.3 is 5.97 Å². The van der Waals surface area contributed by atoms with E-state index in [0.717, 1.165) is 5.56 Å². The summed E-state index contributed by atoms with van der Waals surface area (Å²) in [4.78, 5) is 50.6. The van der Waals surface area contributed by atoms with Crippen LogP contribution in [-0.4, -0.2) is 53.7 Å². The smallest absolute Gasteiger partial charge is 0.326 e. The fourth-order valence-corrected chi connectivity index (χ4v) is 5.73. The Bertz CT molecular complexity index is 1990. The zero-order chi connectivity index (χ0) is 32.6. The van der Waals surface area contributed by atoms with E-state index in [2.05, 4.69) is 30.7 Å². The van der Waals surface area contributed by atoms with E-state index >= 15 is 0 Å². The van der Waals surface area contributed by atoms with Crippen LogP contribution in [0.3, 0.4) is 0 Å². The van der Waals surface area contributed by atoms with Crippen molar-refractivity contribution < 1.29 is 23.9 Å². The molecule has 0 saturated heterocycles. The van der Waals surface area contributed by atoms with Crippen molar-refractivity contribution in [3.8, 4) is 11.5 Å². The van der Waals surface area contributed by atoms with Crippen LogP contribution in [0.5, 0.6) is 0 Å². The quantitative estimate of drug-likeness (QED) is 0.180.